The molecule has 2 heterocycles. The minimum atomic E-state index is -1.34. The van der Waals surface area contributed by atoms with Crippen molar-refractivity contribution < 1.29 is 14.7 Å². The number of hydrogen-bond acceptors (Lipinski definition) is 3. The highest BCUT2D eigenvalue weighted by molar-refractivity contribution is 6.04. The maximum absolute atomic E-state index is 13.1. The fourth-order valence-electron chi connectivity index (χ4n) is 3.86. The second-order valence-electron chi connectivity index (χ2n) is 7.16. The van der Waals surface area contributed by atoms with E-state index in [9.17, 15) is 19.5 Å². The van der Waals surface area contributed by atoms with Crippen LogP contribution in [0.5, 0.6) is 0 Å². The van der Waals surface area contributed by atoms with Crippen molar-refractivity contribution in [3.05, 3.63) is 74.6 Å². The number of aromatic carboxylic acids is 1. The van der Waals surface area contributed by atoms with Gasteiger partial charge in [0, 0.05) is 17.5 Å². The molecule has 2 aromatic heterocycles. The summed E-state index contributed by atoms with van der Waals surface area (Å²) in [5.41, 5.74) is 4.21. The Bertz CT molecular complexity index is 1150. The van der Waals surface area contributed by atoms with Crippen LogP contribution >= 0.6 is 0 Å². The van der Waals surface area contributed by atoms with E-state index < -0.39 is 17.1 Å². The van der Waals surface area contributed by atoms with E-state index in [1.165, 1.54) is 10.5 Å². The normalized spacial score (nSPS) is 11.0. The average Bonchev–Trinajstić information content (AvgIpc) is 2.61. The first-order chi connectivity index (χ1) is 13.3. The van der Waals surface area contributed by atoms with E-state index in [-0.39, 0.29) is 11.3 Å². The zero-order valence-corrected chi connectivity index (χ0v) is 16.5. The molecule has 5 nitrogen and oxygen atoms in total. The van der Waals surface area contributed by atoms with Gasteiger partial charge in [-0.3, -0.25) is 14.0 Å². The molecule has 5 heteroatoms. The third-order valence-electron chi connectivity index (χ3n) is 4.93. The van der Waals surface area contributed by atoms with Crippen LogP contribution in [-0.4, -0.2) is 21.3 Å². The topological polar surface area (TPSA) is 75.8 Å². The highest BCUT2D eigenvalue weighted by atomic mass is 16.4. The molecular weight excluding hydrogens is 354 g/mol. The number of nitrogens with zero attached hydrogens (tertiary/aromatic N) is 1. The highest BCUT2D eigenvalue weighted by Gasteiger charge is 2.21. The van der Waals surface area contributed by atoms with Crippen LogP contribution in [0.25, 0.3) is 16.8 Å². The fraction of sp³-hybridized carbons (Fsp3) is 0.261. The van der Waals surface area contributed by atoms with Crippen molar-refractivity contribution in [1.29, 1.82) is 0 Å². The molecule has 0 unspecified atom stereocenters. The van der Waals surface area contributed by atoms with Gasteiger partial charge in [0.25, 0.3) is 5.56 Å². The smallest absolute Gasteiger partial charge is 0.341 e. The molecule has 0 bridgehead atoms. The van der Waals surface area contributed by atoms with Gasteiger partial charge in [-0.15, -0.1) is 0 Å². The summed E-state index contributed by atoms with van der Waals surface area (Å²) in [7, 11) is 0. The summed E-state index contributed by atoms with van der Waals surface area (Å²) in [5, 5.41) is 9.54. The standard InChI is InChI=1S/C23H23NO4/c1-5-7-20(25)16-12-17(23(27)28)22(26)24-18(16)8-6-9-19(24)21-14(3)10-13(2)11-15(21)4/h6,8-12H,5,7H2,1-4H3,(H,27,28). The maximum atomic E-state index is 13.1. The van der Waals surface area contributed by atoms with Gasteiger partial charge in [-0.25, -0.2) is 4.79 Å². The second kappa shape index (κ2) is 7.43. The number of ketones is 1. The Morgan fingerprint density at radius 2 is 1.64 bits per heavy atom. The lowest BCUT2D eigenvalue weighted by molar-refractivity contribution is 0.0695. The minimum Gasteiger partial charge on any atom is -0.477 e. The first-order valence-corrected chi connectivity index (χ1v) is 9.29. The number of carbonyl (C=O) groups is 2. The molecule has 0 radical (unpaired) electrons. The molecule has 1 aromatic carbocycles. The third-order valence-corrected chi connectivity index (χ3v) is 4.93. The van der Waals surface area contributed by atoms with Crippen LogP contribution in [0.3, 0.4) is 0 Å². The zero-order valence-electron chi connectivity index (χ0n) is 16.5. The van der Waals surface area contributed by atoms with E-state index >= 15 is 0 Å². The van der Waals surface area contributed by atoms with Crippen molar-refractivity contribution in [2.75, 3.05) is 0 Å². The van der Waals surface area contributed by atoms with E-state index in [1.807, 2.05) is 39.8 Å². The van der Waals surface area contributed by atoms with Crippen LogP contribution in [-0.2, 0) is 0 Å². The number of rotatable bonds is 5. The average molecular weight is 377 g/mol. The van der Waals surface area contributed by atoms with Crippen molar-refractivity contribution in [3.63, 3.8) is 0 Å². The Balaban J connectivity index is 2.50. The molecular formula is C23H23NO4. The van der Waals surface area contributed by atoms with Gasteiger partial charge in [0.1, 0.15) is 5.56 Å². The van der Waals surface area contributed by atoms with Gasteiger partial charge in [0.15, 0.2) is 5.78 Å². The SMILES string of the molecule is CCCC(=O)c1cc(C(=O)O)c(=O)n2c(-c3c(C)cc(C)cc3C)cccc12. The fourth-order valence-corrected chi connectivity index (χ4v) is 3.86. The molecule has 0 saturated heterocycles. The van der Waals surface area contributed by atoms with Crippen LogP contribution in [0.2, 0.25) is 0 Å². The quantitative estimate of drug-likeness (QED) is 0.661. The van der Waals surface area contributed by atoms with E-state index in [4.69, 9.17) is 0 Å². The first-order valence-electron chi connectivity index (χ1n) is 9.29. The number of carboxylic acids is 1. The van der Waals surface area contributed by atoms with E-state index in [0.717, 1.165) is 22.3 Å². The number of aryl methyl sites for hydroxylation is 3. The molecule has 3 rings (SSSR count). The number of carbonyl (C=O) groups excluding carboxylic acids is 1. The molecule has 0 fully saturated rings. The number of aromatic nitrogens is 1. The molecule has 0 atom stereocenters. The van der Waals surface area contributed by atoms with Crippen molar-refractivity contribution >= 4 is 17.3 Å². The maximum Gasteiger partial charge on any atom is 0.341 e. The lowest BCUT2D eigenvalue weighted by atomic mass is 9.95. The Labute approximate surface area is 163 Å². The van der Waals surface area contributed by atoms with Crippen molar-refractivity contribution in [1.82, 2.24) is 4.40 Å². The van der Waals surface area contributed by atoms with Gasteiger partial charge in [0.05, 0.1) is 11.2 Å². The second-order valence-corrected chi connectivity index (χ2v) is 7.16. The van der Waals surface area contributed by atoms with Crippen LogP contribution in [0.15, 0.2) is 41.2 Å². The Morgan fingerprint density at radius 3 is 2.21 bits per heavy atom. The van der Waals surface area contributed by atoms with Crippen LogP contribution in [0.4, 0.5) is 0 Å². The molecule has 1 N–H and O–H groups in total. The van der Waals surface area contributed by atoms with Crippen molar-refractivity contribution in [2.45, 2.75) is 40.5 Å². The Morgan fingerprint density at radius 1 is 1.00 bits per heavy atom. The molecule has 0 saturated carbocycles. The molecule has 0 aliphatic rings. The van der Waals surface area contributed by atoms with Gasteiger partial charge in [-0.05, 0) is 56.5 Å². The summed E-state index contributed by atoms with van der Waals surface area (Å²) in [6, 6.07) is 10.5. The summed E-state index contributed by atoms with van der Waals surface area (Å²) < 4.78 is 1.37. The van der Waals surface area contributed by atoms with Gasteiger partial charge >= 0.3 is 5.97 Å². The number of hydrogen-bond donors (Lipinski definition) is 1. The molecule has 3 aromatic rings. The molecule has 0 aliphatic heterocycles. The van der Waals surface area contributed by atoms with Crippen molar-refractivity contribution in [3.8, 4) is 11.3 Å². The summed E-state index contributed by atoms with van der Waals surface area (Å²) in [5.74, 6) is -1.51. The van der Waals surface area contributed by atoms with Gasteiger partial charge in [0.2, 0.25) is 0 Å². The van der Waals surface area contributed by atoms with Crippen LogP contribution in [0, 0.1) is 20.8 Å². The number of carboxylic acid groups (broad SMARTS) is 1. The lowest BCUT2D eigenvalue weighted by Gasteiger charge is -2.17. The lowest BCUT2D eigenvalue weighted by Crippen LogP contribution is -2.25. The van der Waals surface area contributed by atoms with E-state index in [1.54, 1.807) is 18.2 Å². The highest BCUT2D eigenvalue weighted by Crippen LogP contribution is 2.29. The molecule has 0 aliphatic carbocycles. The molecule has 144 valence electrons. The molecule has 0 amide bonds. The minimum absolute atomic E-state index is 0.169. The molecule has 0 spiro atoms. The summed E-state index contributed by atoms with van der Waals surface area (Å²) in [6.07, 6.45) is 0.933. The Kier molecular flexibility index (Phi) is 5.18. The largest absolute Gasteiger partial charge is 0.477 e. The monoisotopic (exact) mass is 377 g/mol. The van der Waals surface area contributed by atoms with Crippen LogP contribution < -0.4 is 5.56 Å². The number of fused-ring (bicyclic) bond motifs is 1. The third kappa shape index (κ3) is 3.24. The van der Waals surface area contributed by atoms with Gasteiger partial charge in [-0.1, -0.05) is 30.7 Å². The number of benzene rings is 1. The predicted molar refractivity (Wildman–Crippen MR) is 110 cm³/mol. The summed E-state index contributed by atoms with van der Waals surface area (Å²) in [4.78, 5) is 37.4. The van der Waals surface area contributed by atoms with E-state index in [0.29, 0.717) is 24.1 Å². The van der Waals surface area contributed by atoms with Crippen molar-refractivity contribution in [2.24, 2.45) is 0 Å². The van der Waals surface area contributed by atoms with Gasteiger partial charge in [-0.2, -0.15) is 0 Å². The molecule has 28 heavy (non-hydrogen) atoms. The van der Waals surface area contributed by atoms with E-state index in [2.05, 4.69) is 0 Å². The van der Waals surface area contributed by atoms with Gasteiger partial charge < -0.3 is 5.11 Å². The van der Waals surface area contributed by atoms with Crippen LogP contribution in [0.1, 0.15) is 57.2 Å². The summed E-state index contributed by atoms with van der Waals surface area (Å²) in [6.45, 7) is 7.81. The summed E-state index contributed by atoms with van der Waals surface area (Å²) >= 11 is 0. The predicted octanol–water partition coefficient (Wildman–Crippen LogP) is 4.57. The zero-order chi connectivity index (χ0) is 20.6. The first kappa shape index (κ1) is 19.5. The number of Topliss-reactive ketones (excluding diaryl/α,β-unsaturated/α-hetero) is 1. The number of pyridine rings is 2. The Hall–Kier alpha value is -3.21.